The zero-order chi connectivity index (χ0) is 32.5. The Morgan fingerprint density at radius 3 is 1.80 bits per heavy atom. The Balaban J connectivity index is 1.22. The molecule has 0 atom stereocenters. The van der Waals surface area contributed by atoms with Crippen LogP contribution < -0.4 is 0 Å². The van der Waals surface area contributed by atoms with Gasteiger partial charge in [0.05, 0.1) is 0 Å². The summed E-state index contributed by atoms with van der Waals surface area (Å²) in [7, 11) is 0. The first-order valence-corrected chi connectivity index (χ1v) is 18.0. The van der Waals surface area contributed by atoms with Crippen LogP contribution in [0, 0.1) is 0 Å². The summed E-state index contributed by atoms with van der Waals surface area (Å²) in [5.41, 5.74) is 6.64. The van der Waals surface area contributed by atoms with E-state index < -0.39 is 0 Å². The van der Waals surface area contributed by atoms with Crippen LogP contribution in [0.3, 0.4) is 0 Å². The molecule has 12 rings (SSSR count). The van der Waals surface area contributed by atoms with Crippen molar-refractivity contribution < 1.29 is 4.42 Å². The zero-order valence-corrected chi connectivity index (χ0v) is 27.6. The standard InChI is InChI=1S/C48H26OS/c1-2-9-32-26-42-40(25-31(32)8-1)45-35(13-6-14-41(45)50-42)38-24-23-37(46-39-22-17-27-7-3-4-12-33(27)47(39)49-48(38)46)34-20-18-30-16-15-28-10-5-11-29-19-21-36(34)44(30)43(28)29/h1-26H. The van der Waals surface area contributed by atoms with E-state index in [1.54, 1.807) is 0 Å². The van der Waals surface area contributed by atoms with Crippen molar-refractivity contribution in [2.24, 2.45) is 0 Å². The molecule has 10 aromatic carbocycles. The second-order valence-corrected chi connectivity index (χ2v) is 14.7. The molecule has 0 aliphatic heterocycles. The average Bonchev–Trinajstić information content (AvgIpc) is 3.75. The van der Waals surface area contributed by atoms with E-state index in [1.807, 2.05) is 11.3 Å². The van der Waals surface area contributed by atoms with Gasteiger partial charge in [-0.1, -0.05) is 127 Å². The number of hydrogen-bond donors (Lipinski definition) is 0. The van der Waals surface area contributed by atoms with Crippen LogP contribution in [-0.2, 0) is 0 Å². The molecule has 1 nitrogen and oxygen atoms in total. The Morgan fingerprint density at radius 2 is 0.920 bits per heavy atom. The molecule has 0 bridgehead atoms. The first kappa shape index (κ1) is 26.7. The van der Waals surface area contributed by atoms with Crippen molar-refractivity contribution in [1.82, 2.24) is 0 Å². The fourth-order valence-corrected chi connectivity index (χ4v) is 9.91. The maximum Gasteiger partial charge on any atom is 0.143 e. The van der Waals surface area contributed by atoms with Crippen molar-refractivity contribution in [3.05, 3.63) is 158 Å². The molecule has 0 saturated heterocycles. The summed E-state index contributed by atoms with van der Waals surface area (Å²) in [6.45, 7) is 0. The van der Waals surface area contributed by atoms with E-state index >= 15 is 0 Å². The first-order valence-electron chi connectivity index (χ1n) is 17.2. The number of hydrogen-bond acceptors (Lipinski definition) is 2. The highest BCUT2D eigenvalue weighted by molar-refractivity contribution is 7.26. The second kappa shape index (κ2) is 9.69. The summed E-state index contributed by atoms with van der Waals surface area (Å²) in [6, 6.07) is 58.2. The molecule has 0 unspecified atom stereocenters. The minimum absolute atomic E-state index is 0.937. The molecule has 2 aromatic heterocycles. The summed E-state index contributed by atoms with van der Waals surface area (Å²) in [5, 5.41) is 17.5. The summed E-state index contributed by atoms with van der Waals surface area (Å²) in [4.78, 5) is 0. The predicted molar refractivity (Wildman–Crippen MR) is 216 cm³/mol. The molecule has 0 saturated carbocycles. The van der Waals surface area contributed by atoms with Gasteiger partial charge in [0, 0.05) is 41.9 Å². The quantitative estimate of drug-likeness (QED) is 0.170. The minimum Gasteiger partial charge on any atom is -0.455 e. The van der Waals surface area contributed by atoms with Crippen molar-refractivity contribution >= 4 is 107 Å². The largest absolute Gasteiger partial charge is 0.455 e. The van der Waals surface area contributed by atoms with E-state index in [-0.39, 0.29) is 0 Å². The number of fused-ring (bicyclic) bond motifs is 9. The van der Waals surface area contributed by atoms with E-state index in [2.05, 4.69) is 158 Å². The lowest BCUT2D eigenvalue weighted by atomic mass is 9.87. The molecule has 0 N–H and O–H groups in total. The van der Waals surface area contributed by atoms with Crippen LogP contribution in [0.25, 0.3) is 118 Å². The van der Waals surface area contributed by atoms with Crippen LogP contribution in [0.5, 0.6) is 0 Å². The zero-order valence-electron chi connectivity index (χ0n) is 26.8. The van der Waals surface area contributed by atoms with Gasteiger partial charge in [-0.3, -0.25) is 0 Å². The van der Waals surface area contributed by atoms with Crippen LogP contribution in [0.1, 0.15) is 0 Å². The van der Waals surface area contributed by atoms with Crippen molar-refractivity contribution in [3.8, 4) is 22.3 Å². The van der Waals surface area contributed by atoms with Gasteiger partial charge in [-0.2, -0.15) is 0 Å². The van der Waals surface area contributed by atoms with Crippen LogP contribution in [-0.4, -0.2) is 0 Å². The van der Waals surface area contributed by atoms with Gasteiger partial charge in [-0.05, 0) is 95.5 Å². The minimum atomic E-state index is 0.937. The van der Waals surface area contributed by atoms with E-state index in [1.165, 1.54) is 90.7 Å². The molecular weight excluding hydrogens is 625 g/mol. The number of thiophene rings is 1. The van der Waals surface area contributed by atoms with Crippen molar-refractivity contribution in [3.63, 3.8) is 0 Å². The SMILES string of the molecule is c1ccc2cc3c(cc2c1)sc1cccc(-c2ccc(-c4ccc5ccc6cccc7ccc4c5c67)c4c2oc2c5ccccc5ccc24)c13. The normalized spacial score (nSPS) is 12.4. The molecule has 50 heavy (non-hydrogen) atoms. The molecule has 12 aromatic rings. The van der Waals surface area contributed by atoms with Crippen molar-refractivity contribution in [2.45, 2.75) is 0 Å². The van der Waals surface area contributed by atoms with Crippen LogP contribution in [0.4, 0.5) is 0 Å². The average molecular weight is 651 g/mol. The van der Waals surface area contributed by atoms with Crippen LogP contribution in [0.15, 0.2) is 162 Å². The molecule has 0 amide bonds. The fourth-order valence-electron chi connectivity index (χ4n) is 8.75. The topological polar surface area (TPSA) is 13.1 Å². The predicted octanol–water partition coefficient (Wildman–Crippen LogP) is 14.5. The summed E-state index contributed by atoms with van der Waals surface area (Å²) < 4.78 is 9.75. The van der Waals surface area contributed by atoms with Gasteiger partial charge >= 0.3 is 0 Å². The molecule has 2 heteroatoms. The lowest BCUT2D eigenvalue weighted by Crippen LogP contribution is -1.89. The van der Waals surface area contributed by atoms with E-state index in [9.17, 15) is 0 Å². The van der Waals surface area contributed by atoms with E-state index in [4.69, 9.17) is 4.42 Å². The molecule has 0 aliphatic carbocycles. The highest BCUT2D eigenvalue weighted by Gasteiger charge is 2.22. The summed E-state index contributed by atoms with van der Waals surface area (Å²) in [5.74, 6) is 0. The third kappa shape index (κ3) is 3.51. The Labute approximate surface area is 290 Å². The summed E-state index contributed by atoms with van der Waals surface area (Å²) >= 11 is 1.87. The molecule has 0 aliphatic rings. The molecule has 0 spiro atoms. The summed E-state index contributed by atoms with van der Waals surface area (Å²) in [6.07, 6.45) is 0. The Hall–Kier alpha value is -6.22. The van der Waals surface area contributed by atoms with Gasteiger partial charge in [-0.15, -0.1) is 11.3 Å². The van der Waals surface area contributed by atoms with E-state index in [0.29, 0.717) is 0 Å². The van der Waals surface area contributed by atoms with Crippen LogP contribution in [0.2, 0.25) is 0 Å². The maximum atomic E-state index is 7.15. The van der Waals surface area contributed by atoms with Gasteiger partial charge in [-0.25, -0.2) is 0 Å². The third-order valence-corrected chi connectivity index (χ3v) is 12.1. The van der Waals surface area contributed by atoms with Crippen molar-refractivity contribution in [2.75, 3.05) is 0 Å². The lowest BCUT2D eigenvalue weighted by Gasteiger charge is -2.15. The lowest BCUT2D eigenvalue weighted by molar-refractivity contribution is 0.674. The highest BCUT2D eigenvalue weighted by Crippen LogP contribution is 2.49. The van der Waals surface area contributed by atoms with Gasteiger partial charge in [0.25, 0.3) is 0 Å². The van der Waals surface area contributed by atoms with Gasteiger partial charge in [0.15, 0.2) is 0 Å². The van der Waals surface area contributed by atoms with E-state index in [0.717, 1.165) is 27.5 Å². The third-order valence-electron chi connectivity index (χ3n) is 11.0. The first-order chi connectivity index (χ1) is 24.8. The van der Waals surface area contributed by atoms with Gasteiger partial charge in [0.1, 0.15) is 11.2 Å². The number of furan rings is 1. The highest BCUT2D eigenvalue weighted by atomic mass is 32.1. The van der Waals surface area contributed by atoms with Gasteiger partial charge < -0.3 is 4.42 Å². The molecule has 230 valence electrons. The maximum absolute atomic E-state index is 7.15. The Kier molecular flexibility index (Phi) is 5.18. The second-order valence-electron chi connectivity index (χ2n) is 13.6. The monoisotopic (exact) mass is 650 g/mol. The number of benzene rings is 10. The molecular formula is C48H26OS. The van der Waals surface area contributed by atoms with Crippen molar-refractivity contribution in [1.29, 1.82) is 0 Å². The molecule has 0 fully saturated rings. The van der Waals surface area contributed by atoms with Gasteiger partial charge in [0.2, 0.25) is 0 Å². The van der Waals surface area contributed by atoms with Crippen LogP contribution >= 0.6 is 11.3 Å². The Bertz CT molecular complexity index is 3360. The molecule has 0 radical (unpaired) electrons. The smallest absolute Gasteiger partial charge is 0.143 e. The Morgan fingerprint density at radius 1 is 0.300 bits per heavy atom. The fraction of sp³-hybridized carbons (Fsp3) is 0. The molecule has 2 heterocycles. The number of rotatable bonds is 2.